The van der Waals surface area contributed by atoms with Crippen LogP contribution in [0, 0.1) is 11.6 Å². The Morgan fingerprint density at radius 1 is 0.871 bits per heavy atom. The van der Waals surface area contributed by atoms with Crippen molar-refractivity contribution in [2.45, 2.75) is 16.7 Å². The summed E-state index contributed by atoms with van der Waals surface area (Å²) in [6.07, 6.45) is 0. The normalized spacial score (nSPS) is 12.2. The number of thiophene rings is 1. The zero-order chi connectivity index (χ0) is 22.4. The highest BCUT2D eigenvalue weighted by Gasteiger charge is 2.31. The van der Waals surface area contributed by atoms with Crippen molar-refractivity contribution in [1.82, 2.24) is 10.6 Å². The van der Waals surface area contributed by atoms with Gasteiger partial charge in [-0.2, -0.15) is 0 Å². The molecular weight excluding hydrogens is 446 g/mol. The molecule has 2 amide bonds. The second-order valence-corrected chi connectivity index (χ2v) is 9.63. The molecule has 162 valence electrons. The molecule has 0 aliphatic carbocycles. The third kappa shape index (κ3) is 5.74. The summed E-state index contributed by atoms with van der Waals surface area (Å²) in [5, 5.41) is 5.29. The lowest BCUT2D eigenvalue weighted by Gasteiger charge is -2.17. The third-order valence-electron chi connectivity index (χ3n) is 4.40. The Morgan fingerprint density at radius 2 is 1.45 bits per heavy atom. The van der Waals surface area contributed by atoms with Gasteiger partial charge in [0.05, 0.1) is 4.90 Å². The van der Waals surface area contributed by atoms with E-state index in [2.05, 4.69) is 10.6 Å². The van der Waals surface area contributed by atoms with E-state index < -0.39 is 38.5 Å². The molecule has 0 bridgehead atoms. The Hall–Kier alpha value is -3.11. The Labute approximate surface area is 181 Å². The fourth-order valence-electron chi connectivity index (χ4n) is 2.76. The van der Waals surface area contributed by atoms with Crippen molar-refractivity contribution in [1.29, 1.82) is 0 Å². The van der Waals surface area contributed by atoms with Gasteiger partial charge >= 0.3 is 11.8 Å². The molecule has 0 aliphatic heterocycles. The lowest BCUT2D eigenvalue weighted by atomic mass is 10.2. The summed E-state index contributed by atoms with van der Waals surface area (Å²) < 4.78 is 52.2. The number of nitrogens with one attached hydrogen (secondary N) is 2. The Morgan fingerprint density at radius 3 is 2.03 bits per heavy atom. The number of benzene rings is 2. The summed E-state index contributed by atoms with van der Waals surface area (Å²) >= 11 is 1.19. The first-order valence-corrected chi connectivity index (χ1v) is 11.5. The number of sulfone groups is 1. The fourth-order valence-corrected chi connectivity index (χ4v) is 5.54. The molecule has 1 heterocycles. The minimum absolute atomic E-state index is 0.00870. The number of halogens is 2. The molecular formula is C21H18F2N2O4S2. The molecule has 31 heavy (non-hydrogen) atoms. The van der Waals surface area contributed by atoms with Crippen LogP contribution < -0.4 is 10.6 Å². The Balaban J connectivity index is 1.68. The first-order chi connectivity index (χ1) is 14.8. The lowest BCUT2D eigenvalue weighted by molar-refractivity contribution is -0.139. The topological polar surface area (TPSA) is 92.3 Å². The van der Waals surface area contributed by atoms with Gasteiger partial charge in [-0.15, -0.1) is 11.3 Å². The van der Waals surface area contributed by atoms with Gasteiger partial charge in [0.2, 0.25) is 0 Å². The van der Waals surface area contributed by atoms with Gasteiger partial charge in [0.25, 0.3) is 0 Å². The SMILES string of the molecule is O=C(NCc1ccc(F)cc1)C(=O)NCC(c1cccs1)S(=O)(=O)c1ccc(F)cc1. The van der Waals surface area contributed by atoms with E-state index >= 15 is 0 Å². The zero-order valence-corrected chi connectivity index (χ0v) is 17.7. The third-order valence-corrected chi connectivity index (χ3v) is 7.63. The summed E-state index contributed by atoms with van der Waals surface area (Å²) in [7, 11) is -3.96. The first kappa shape index (κ1) is 22.6. The van der Waals surface area contributed by atoms with Gasteiger partial charge in [0.15, 0.2) is 9.84 Å². The maximum absolute atomic E-state index is 13.2. The number of amides is 2. The standard InChI is InChI=1S/C21H18F2N2O4S2/c22-15-5-3-14(4-6-15)12-24-20(26)21(27)25-13-19(18-2-1-11-30-18)31(28,29)17-9-7-16(23)8-10-17/h1-11,19H,12-13H2,(H,24,26)(H,25,27). The second kappa shape index (κ2) is 9.80. The number of carbonyl (C=O) groups excluding carboxylic acids is 2. The quantitative estimate of drug-likeness (QED) is 0.415. The molecule has 0 spiro atoms. The van der Waals surface area contributed by atoms with Crippen LogP contribution in [0.3, 0.4) is 0 Å². The maximum atomic E-state index is 13.2. The van der Waals surface area contributed by atoms with Crippen LogP contribution in [0.4, 0.5) is 8.78 Å². The van der Waals surface area contributed by atoms with Crippen molar-refractivity contribution in [3.05, 3.63) is 88.1 Å². The van der Waals surface area contributed by atoms with Gasteiger partial charge in [-0.3, -0.25) is 9.59 Å². The number of carbonyl (C=O) groups is 2. The molecule has 2 N–H and O–H groups in total. The maximum Gasteiger partial charge on any atom is 0.309 e. The van der Waals surface area contributed by atoms with E-state index in [1.165, 1.54) is 35.6 Å². The zero-order valence-electron chi connectivity index (χ0n) is 16.0. The number of hydrogen-bond donors (Lipinski definition) is 2. The minimum Gasteiger partial charge on any atom is -0.346 e. The van der Waals surface area contributed by atoms with E-state index in [1.807, 2.05) is 0 Å². The molecule has 0 fully saturated rings. The molecule has 3 aromatic rings. The molecule has 0 saturated heterocycles. The Bertz CT molecular complexity index is 1150. The van der Waals surface area contributed by atoms with Crippen molar-refractivity contribution in [3.63, 3.8) is 0 Å². The number of rotatable bonds is 7. The monoisotopic (exact) mass is 464 g/mol. The lowest BCUT2D eigenvalue weighted by Crippen LogP contribution is -2.42. The van der Waals surface area contributed by atoms with Crippen molar-refractivity contribution >= 4 is 33.0 Å². The summed E-state index contributed by atoms with van der Waals surface area (Å²) in [6, 6.07) is 13.1. The van der Waals surface area contributed by atoms with Crippen molar-refractivity contribution < 1.29 is 26.8 Å². The smallest absolute Gasteiger partial charge is 0.309 e. The predicted octanol–water partition coefficient (Wildman–Crippen LogP) is 2.97. The molecule has 1 unspecified atom stereocenters. The highest BCUT2D eigenvalue weighted by molar-refractivity contribution is 7.91. The summed E-state index contributed by atoms with van der Waals surface area (Å²) in [4.78, 5) is 24.6. The van der Waals surface area contributed by atoms with Crippen molar-refractivity contribution in [3.8, 4) is 0 Å². The van der Waals surface area contributed by atoms with Crippen LogP contribution >= 0.6 is 11.3 Å². The van der Waals surface area contributed by atoms with Crippen LogP contribution in [-0.4, -0.2) is 26.8 Å². The average Bonchev–Trinajstić information content (AvgIpc) is 3.27. The van der Waals surface area contributed by atoms with E-state index in [-0.39, 0.29) is 18.0 Å². The van der Waals surface area contributed by atoms with Crippen LogP contribution in [0.25, 0.3) is 0 Å². The van der Waals surface area contributed by atoms with Gasteiger partial charge in [0.1, 0.15) is 16.9 Å². The van der Waals surface area contributed by atoms with Gasteiger partial charge < -0.3 is 10.6 Å². The highest BCUT2D eigenvalue weighted by atomic mass is 32.2. The molecule has 0 aliphatic rings. The molecule has 3 rings (SSSR count). The summed E-state index contributed by atoms with van der Waals surface area (Å²) in [5.74, 6) is -2.95. The fraction of sp³-hybridized carbons (Fsp3) is 0.143. The van der Waals surface area contributed by atoms with Gasteiger partial charge in [-0.25, -0.2) is 17.2 Å². The predicted molar refractivity (Wildman–Crippen MR) is 112 cm³/mol. The Kier molecular flexibility index (Phi) is 7.13. The molecule has 6 nitrogen and oxygen atoms in total. The van der Waals surface area contributed by atoms with E-state index in [0.29, 0.717) is 10.4 Å². The molecule has 2 aromatic carbocycles. The van der Waals surface area contributed by atoms with Crippen LogP contribution in [-0.2, 0) is 26.0 Å². The van der Waals surface area contributed by atoms with Crippen LogP contribution in [0.15, 0.2) is 70.9 Å². The van der Waals surface area contributed by atoms with Crippen molar-refractivity contribution in [2.75, 3.05) is 6.54 Å². The van der Waals surface area contributed by atoms with Crippen LogP contribution in [0.2, 0.25) is 0 Å². The van der Waals surface area contributed by atoms with E-state index in [1.54, 1.807) is 17.5 Å². The summed E-state index contributed by atoms with van der Waals surface area (Å²) in [6.45, 7) is -0.336. The second-order valence-electron chi connectivity index (χ2n) is 6.52. The minimum atomic E-state index is -3.96. The molecule has 10 heteroatoms. The highest BCUT2D eigenvalue weighted by Crippen LogP contribution is 2.31. The molecule has 0 radical (unpaired) electrons. The molecule has 1 aromatic heterocycles. The van der Waals surface area contributed by atoms with Gasteiger partial charge in [-0.1, -0.05) is 18.2 Å². The van der Waals surface area contributed by atoms with Crippen LogP contribution in [0.1, 0.15) is 15.7 Å². The van der Waals surface area contributed by atoms with Gasteiger partial charge in [0, 0.05) is 18.0 Å². The van der Waals surface area contributed by atoms with E-state index in [0.717, 1.165) is 24.3 Å². The molecule has 0 saturated carbocycles. The summed E-state index contributed by atoms with van der Waals surface area (Å²) in [5.41, 5.74) is 0.595. The average molecular weight is 465 g/mol. The first-order valence-electron chi connectivity index (χ1n) is 9.10. The van der Waals surface area contributed by atoms with E-state index in [9.17, 15) is 26.8 Å². The van der Waals surface area contributed by atoms with Gasteiger partial charge in [-0.05, 0) is 53.4 Å². The van der Waals surface area contributed by atoms with E-state index in [4.69, 9.17) is 0 Å². The van der Waals surface area contributed by atoms with Crippen LogP contribution in [0.5, 0.6) is 0 Å². The van der Waals surface area contributed by atoms with Crippen molar-refractivity contribution in [2.24, 2.45) is 0 Å². The number of hydrogen-bond acceptors (Lipinski definition) is 5. The largest absolute Gasteiger partial charge is 0.346 e. The molecule has 1 atom stereocenters.